The van der Waals surface area contributed by atoms with Crippen molar-refractivity contribution in [1.29, 1.82) is 0 Å². The number of hydrogen-bond acceptors (Lipinski definition) is 3. The van der Waals surface area contributed by atoms with Gasteiger partial charge in [0.05, 0.1) is 0 Å². The number of amides is 1. The van der Waals surface area contributed by atoms with E-state index in [1.165, 1.54) is 6.21 Å². The van der Waals surface area contributed by atoms with Gasteiger partial charge in [0.25, 0.3) is 5.91 Å². The third kappa shape index (κ3) is 3.18. The molecule has 0 aliphatic rings. The van der Waals surface area contributed by atoms with Crippen LogP contribution in [0.5, 0.6) is 0 Å². The van der Waals surface area contributed by atoms with Gasteiger partial charge in [-0.2, -0.15) is 5.10 Å². The summed E-state index contributed by atoms with van der Waals surface area (Å²) < 4.78 is 0. The normalized spacial score (nSPS) is 10.9. The van der Waals surface area contributed by atoms with Crippen LogP contribution in [0.15, 0.2) is 41.8 Å². The predicted octanol–water partition coefficient (Wildman–Crippen LogP) is 1.37. The summed E-state index contributed by atoms with van der Waals surface area (Å²) in [6, 6.07) is 3.25. The Morgan fingerprint density at radius 3 is 2.86 bits per heavy atom. The van der Waals surface area contributed by atoms with Crippen molar-refractivity contribution in [2.24, 2.45) is 5.10 Å². The second-order valence-electron chi connectivity index (χ2n) is 2.48. The number of nitrogens with zero attached hydrogens (tertiary/aromatic N) is 2. The van der Waals surface area contributed by atoms with Crippen LogP contribution in [0.1, 0.15) is 17.3 Å². The number of hydrazone groups is 1. The van der Waals surface area contributed by atoms with Crippen molar-refractivity contribution in [3.8, 4) is 0 Å². The molecule has 1 rings (SSSR count). The SMILES string of the molecule is C/C=C/C=N\NC(=O)c1ccncc1. The zero-order chi connectivity index (χ0) is 10.2. The fourth-order valence-electron chi connectivity index (χ4n) is 0.793. The molecule has 0 unspecified atom stereocenters. The van der Waals surface area contributed by atoms with Crippen LogP contribution in [0.4, 0.5) is 0 Å². The molecule has 4 nitrogen and oxygen atoms in total. The Balaban J connectivity index is 2.52. The number of rotatable bonds is 3. The van der Waals surface area contributed by atoms with Crippen LogP contribution in [-0.2, 0) is 0 Å². The highest BCUT2D eigenvalue weighted by Crippen LogP contribution is 1.94. The van der Waals surface area contributed by atoms with Crippen molar-refractivity contribution in [1.82, 2.24) is 10.4 Å². The molecule has 0 saturated heterocycles. The lowest BCUT2D eigenvalue weighted by Gasteiger charge is -1.96. The number of pyridine rings is 1. The van der Waals surface area contributed by atoms with Gasteiger partial charge in [-0.25, -0.2) is 5.43 Å². The van der Waals surface area contributed by atoms with E-state index in [-0.39, 0.29) is 5.91 Å². The van der Waals surface area contributed by atoms with Gasteiger partial charge in [0.2, 0.25) is 0 Å². The first-order valence-corrected chi connectivity index (χ1v) is 4.19. The fraction of sp³-hybridized carbons (Fsp3) is 0.100. The zero-order valence-electron chi connectivity index (χ0n) is 7.84. The van der Waals surface area contributed by atoms with E-state index in [1.807, 2.05) is 13.0 Å². The highest BCUT2D eigenvalue weighted by Gasteiger charge is 2.00. The smallest absolute Gasteiger partial charge is 0.267 e. The Bertz CT molecular complexity index is 344. The van der Waals surface area contributed by atoms with E-state index >= 15 is 0 Å². The molecule has 1 amide bonds. The van der Waals surface area contributed by atoms with Gasteiger partial charge in [0.1, 0.15) is 0 Å². The molecule has 0 spiro atoms. The quantitative estimate of drug-likeness (QED) is 0.576. The molecule has 1 heterocycles. The monoisotopic (exact) mass is 189 g/mol. The first kappa shape index (κ1) is 10.1. The van der Waals surface area contributed by atoms with Crippen LogP contribution in [0.25, 0.3) is 0 Å². The summed E-state index contributed by atoms with van der Waals surface area (Å²) in [5.41, 5.74) is 2.92. The molecule has 0 bridgehead atoms. The molecule has 1 aromatic rings. The van der Waals surface area contributed by atoms with Crippen molar-refractivity contribution < 1.29 is 4.79 Å². The van der Waals surface area contributed by atoms with E-state index in [9.17, 15) is 4.79 Å². The van der Waals surface area contributed by atoms with Gasteiger partial charge in [-0.15, -0.1) is 0 Å². The van der Waals surface area contributed by atoms with Crippen LogP contribution >= 0.6 is 0 Å². The number of carbonyl (C=O) groups is 1. The van der Waals surface area contributed by atoms with Crippen molar-refractivity contribution in [2.75, 3.05) is 0 Å². The van der Waals surface area contributed by atoms with Gasteiger partial charge >= 0.3 is 0 Å². The maximum Gasteiger partial charge on any atom is 0.271 e. The maximum absolute atomic E-state index is 11.3. The molecule has 0 aliphatic heterocycles. The standard InChI is InChI=1S/C10H11N3O/c1-2-3-6-12-13-10(14)9-4-7-11-8-5-9/h2-8H,1H3,(H,13,14)/b3-2+,12-6-. The minimum absolute atomic E-state index is 0.242. The maximum atomic E-state index is 11.3. The Morgan fingerprint density at radius 2 is 2.21 bits per heavy atom. The third-order valence-corrected chi connectivity index (χ3v) is 1.46. The van der Waals surface area contributed by atoms with Crippen molar-refractivity contribution in [3.05, 3.63) is 42.2 Å². The number of nitrogens with one attached hydrogen (secondary N) is 1. The second kappa shape index (κ2) is 5.64. The first-order chi connectivity index (χ1) is 6.84. The summed E-state index contributed by atoms with van der Waals surface area (Å²) in [6.45, 7) is 1.87. The van der Waals surface area contributed by atoms with Gasteiger partial charge < -0.3 is 0 Å². The van der Waals surface area contributed by atoms with E-state index in [0.29, 0.717) is 5.56 Å². The lowest BCUT2D eigenvalue weighted by atomic mass is 10.3. The number of aromatic nitrogens is 1. The molecule has 0 saturated carbocycles. The summed E-state index contributed by atoms with van der Waals surface area (Å²) in [5, 5.41) is 3.71. The molecule has 0 aliphatic carbocycles. The first-order valence-electron chi connectivity index (χ1n) is 4.19. The van der Waals surface area contributed by atoms with Gasteiger partial charge in [-0.1, -0.05) is 6.08 Å². The lowest BCUT2D eigenvalue weighted by molar-refractivity contribution is 0.0955. The summed E-state index contributed by atoms with van der Waals surface area (Å²) in [7, 11) is 0. The molecule has 0 atom stereocenters. The molecule has 14 heavy (non-hydrogen) atoms. The third-order valence-electron chi connectivity index (χ3n) is 1.46. The average Bonchev–Trinajstić information content (AvgIpc) is 2.25. The van der Waals surface area contributed by atoms with Gasteiger partial charge in [0, 0.05) is 24.2 Å². The Labute approximate surface area is 82.4 Å². The van der Waals surface area contributed by atoms with E-state index in [4.69, 9.17) is 0 Å². The van der Waals surface area contributed by atoms with Gasteiger partial charge in [-0.3, -0.25) is 9.78 Å². The Hall–Kier alpha value is -1.97. The van der Waals surface area contributed by atoms with Crippen LogP contribution in [-0.4, -0.2) is 17.1 Å². The van der Waals surface area contributed by atoms with Crippen molar-refractivity contribution in [2.45, 2.75) is 6.92 Å². The lowest BCUT2D eigenvalue weighted by Crippen LogP contribution is -2.17. The van der Waals surface area contributed by atoms with Crippen molar-refractivity contribution >= 4 is 12.1 Å². The molecule has 1 aromatic heterocycles. The molecule has 4 heteroatoms. The van der Waals surface area contributed by atoms with E-state index in [2.05, 4.69) is 15.5 Å². The molecule has 1 N–H and O–H groups in total. The Kier molecular flexibility index (Phi) is 4.07. The topological polar surface area (TPSA) is 54.4 Å². The summed E-state index contributed by atoms with van der Waals surface area (Å²) in [6.07, 6.45) is 8.18. The zero-order valence-corrected chi connectivity index (χ0v) is 7.84. The molecule has 0 fully saturated rings. The van der Waals surface area contributed by atoms with E-state index in [0.717, 1.165) is 0 Å². The highest BCUT2D eigenvalue weighted by molar-refractivity contribution is 5.94. The summed E-state index contributed by atoms with van der Waals surface area (Å²) in [4.78, 5) is 15.1. The van der Waals surface area contributed by atoms with Gasteiger partial charge in [-0.05, 0) is 25.1 Å². The predicted molar refractivity (Wildman–Crippen MR) is 55.0 cm³/mol. The van der Waals surface area contributed by atoms with Crippen LogP contribution < -0.4 is 5.43 Å². The van der Waals surface area contributed by atoms with Crippen LogP contribution in [0.2, 0.25) is 0 Å². The van der Waals surface area contributed by atoms with Crippen LogP contribution in [0, 0.1) is 0 Å². The summed E-state index contributed by atoms with van der Waals surface area (Å²) >= 11 is 0. The molecule has 72 valence electrons. The second-order valence-corrected chi connectivity index (χ2v) is 2.48. The highest BCUT2D eigenvalue weighted by atomic mass is 16.2. The molecular formula is C10H11N3O. The van der Waals surface area contributed by atoms with E-state index in [1.54, 1.807) is 30.6 Å². The average molecular weight is 189 g/mol. The number of allylic oxidation sites excluding steroid dienone is 2. The summed E-state index contributed by atoms with van der Waals surface area (Å²) in [5.74, 6) is -0.242. The number of hydrogen-bond donors (Lipinski definition) is 1. The molecule has 0 radical (unpaired) electrons. The largest absolute Gasteiger partial charge is 0.271 e. The molecule has 0 aromatic carbocycles. The number of carbonyl (C=O) groups excluding carboxylic acids is 1. The molecular weight excluding hydrogens is 178 g/mol. The van der Waals surface area contributed by atoms with Crippen molar-refractivity contribution in [3.63, 3.8) is 0 Å². The van der Waals surface area contributed by atoms with Crippen LogP contribution in [0.3, 0.4) is 0 Å². The minimum Gasteiger partial charge on any atom is -0.267 e. The van der Waals surface area contributed by atoms with E-state index < -0.39 is 0 Å². The Morgan fingerprint density at radius 1 is 1.50 bits per heavy atom. The fourth-order valence-corrected chi connectivity index (χ4v) is 0.793. The minimum atomic E-state index is -0.242. The van der Waals surface area contributed by atoms with Gasteiger partial charge in [0.15, 0.2) is 0 Å².